The van der Waals surface area contributed by atoms with Crippen LogP contribution in [0, 0.1) is 0 Å². The molecule has 1 fully saturated rings. The van der Waals surface area contributed by atoms with Gasteiger partial charge in [-0.2, -0.15) is 0 Å². The number of halogens is 1. The van der Waals surface area contributed by atoms with Crippen molar-refractivity contribution < 1.29 is 0 Å². The van der Waals surface area contributed by atoms with Gasteiger partial charge in [0.2, 0.25) is 0 Å². The molecule has 3 nitrogen and oxygen atoms in total. The fourth-order valence-electron chi connectivity index (χ4n) is 1.39. The first-order valence-electron chi connectivity index (χ1n) is 4.14. The van der Waals surface area contributed by atoms with Crippen LogP contribution < -0.4 is 0 Å². The minimum atomic E-state index is 0.513. The van der Waals surface area contributed by atoms with E-state index in [-0.39, 0.29) is 0 Å². The predicted molar refractivity (Wildman–Crippen MR) is 53.4 cm³/mol. The van der Waals surface area contributed by atoms with Crippen LogP contribution in [0.1, 0.15) is 12.8 Å². The first-order valence-corrected chi connectivity index (χ1v) is 4.51. The maximum absolute atomic E-state index is 5.89. The van der Waals surface area contributed by atoms with E-state index in [9.17, 15) is 0 Å². The minimum Gasteiger partial charge on any atom is -0.354 e. The van der Waals surface area contributed by atoms with Crippen molar-refractivity contribution >= 4 is 22.6 Å². The molecule has 1 aliphatic rings. The lowest BCUT2D eigenvalue weighted by atomic mass is 10.4. The molecule has 0 N–H and O–H groups in total. The van der Waals surface area contributed by atoms with Gasteiger partial charge >= 0.3 is 0 Å². The van der Waals surface area contributed by atoms with Gasteiger partial charge in [-0.05, 0) is 12.8 Å². The fraction of sp³-hybridized carbons (Fsp3) is 0.750. The maximum atomic E-state index is 5.89. The van der Waals surface area contributed by atoms with Crippen molar-refractivity contribution in [3.63, 3.8) is 0 Å². The van der Waals surface area contributed by atoms with Crippen LogP contribution in [0.2, 0.25) is 0 Å². The van der Waals surface area contributed by atoms with Gasteiger partial charge in [0.05, 0.1) is 0 Å². The molecule has 0 spiro atoms. The first-order chi connectivity index (χ1) is 5.79. The minimum absolute atomic E-state index is 0.513. The third kappa shape index (κ3) is 1.97. The number of amidine groups is 1. The molecule has 0 aromatic rings. The molecule has 0 bridgehead atoms. The Balaban J connectivity index is 2.68. The molecular weight excluding hydrogens is 174 g/mol. The third-order valence-corrected chi connectivity index (χ3v) is 2.34. The lowest BCUT2D eigenvalue weighted by molar-refractivity contribution is 0.526. The zero-order chi connectivity index (χ0) is 8.97. The Morgan fingerprint density at radius 2 is 1.75 bits per heavy atom. The second kappa shape index (κ2) is 4.45. The van der Waals surface area contributed by atoms with Crippen molar-refractivity contribution in [1.82, 2.24) is 4.90 Å². The van der Waals surface area contributed by atoms with Gasteiger partial charge < -0.3 is 4.90 Å². The summed E-state index contributed by atoms with van der Waals surface area (Å²) in [4.78, 5) is 10.2. The summed E-state index contributed by atoms with van der Waals surface area (Å²) in [6, 6.07) is 0. The van der Waals surface area contributed by atoms with Crippen LogP contribution in [0.15, 0.2) is 9.98 Å². The molecule has 0 atom stereocenters. The molecule has 0 aromatic carbocycles. The van der Waals surface area contributed by atoms with E-state index in [2.05, 4.69) is 14.9 Å². The van der Waals surface area contributed by atoms with Gasteiger partial charge in [0.25, 0.3) is 0 Å². The molecule has 0 aromatic heterocycles. The Labute approximate surface area is 78.1 Å². The normalized spacial score (nSPS) is 20.4. The summed E-state index contributed by atoms with van der Waals surface area (Å²) in [5, 5.41) is 0.513. The molecule has 68 valence electrons. The Hall–Kier alpha value is -0.570. The van der Waals surface area contributed by atoms with Gasteiger partial charge in [0.15, 0.2) is 11.0 Å². The van der Waals surface area contributed by atoms with Gasteiger partial charge in [0, 0.05) is 27.2 Å². The Bertz CT molecular complexity index is 204. The lowest BCUT2D eigenvalue weighted by Gasteiger charge is -2.17. The van der Waals surface area contributed by atoms with Crippen molar-refractivity contribution in [1.29, 1.82) is 0 Å². The van der Waals surface area contributed by atoms with E-state index in [0.717, 1.165) is 18.9 Å². The largest absolute Gasteiger partial charge is 0.354 e. The molecule has 1 aliphatic heterocycles. The van der Waals surface area contributed by atoms with E-state index in [1.165, 1.54) is 12.8 Å². The quantitative estimate of drug-likeness (QED) is 0.450. The first kappa shape index (κ1) is 9.52. The van der Waals surface area contributed by atoms with Gasteiger partial charge in [-0.15, -0.1) is 0 Å². The smallest absolute Gasteiger partial charge is 0.166 e. The summed E-state index contributed by atoms with van der Waals surface area (Å²) < 4.78 is 0. The monoisotopic (exact) mass is 187 g/mol. The highest BCUT2D eigenvalue weighted by molar-refractivity contribution is 6.83. The van der Waals surface area contributed by atoms with Crippen LogP contribution in [0.25, 0.3) is 0 Å². The van der Waals surface area contributed by atoms with Crippen molar-refractivity contribution in [2.24, 2.45) is 9.98 Å². The van der Waals surface area contributed by atoms with Crippen molar-refractivity contribution in [3.8, 4) is 0 Å². The molecule has 12 heavy (non-hydrogen) atoms. The van der Waals surface area contributed by atoms with Crippen molar-refractivity contribution in [3.05, 3.63) is 0 Å². The average molecular weight is 188 g/mol. The number of hydrogen-bond donors (Lipinski definition) is 0. The van der Waals surface area contributed by atoms with E-state index in [1.54, 1.807) is 14.1 Å². The van der Waals surface area contributed by atoms with E-state index in [0.29, 0.717) is 5.17 Å². The highest BCUT2D eigenvalue weighted by Gasteiger charge is 2.18. The molecule has 4 heteroatoms. The summed E-state index contributed by atoms with van der Waals surface area (Å²) in [6.07, 6.45) is 2.46. The molecule has 1 heterocycles. The maximum Gasteiger partial charge on any atom is 0.166 e. The number of nitrogens with zero attached hydrogens (tertiary/aromatic N) is 3. The van der Waals surface area contributed by atoms with Crippen LogP contribution in [0.4, 0.5) is 0 Å². The molecule has 0 saturated carbocycles. The molecule has 0 amide bonds. The topological polar surface area (TPSA) is 28.0 Å². The third-order valence-electron chi connectivity index (χ3n) is 2.00. The van der Waals surface area contributed by atoms with Crippen LogP contribution in [-0.4, -0.2) is 43.1 Å². The summed E-state index contributed by atoms with van der Waals surface area (Å²) in [5.74, 6) is 0.830. The SMILES string of the molecule is CN=C(Cl)C(=NC)N1CCCC1. The molecule has 1 saturated heterocycles. The highest BCUT2D eigenvalue weighted by Crippen LogP contribution is 2.10. The number of hydrogen-bond acceptors (Lipinski definition) is 2. The summed E-state index contributed by atoms with van der Waals surface area (Å²) in [5.41, 5.74) is 0. The van der Waals surface area contributed by atoms with E-state index < -0.39 is 0 Å². The van der Waals surface area contributed by atoms with Gasteiger partial charge in [-0.25, -0.2) is 0 Å². The highest BCUT2D eigenvalue weighted by atomic mass is 35.5. The van der Waals surface area contributed by atoms with Crippen LogP contribution in [0.5, 0.6) is 0 Å². The Morgan fingerprint density at radius 3 is 2.17 bits per heavy atom. The van der Waals surface area contributed by atoms with Gasteiger partial charge in [-0.3, -0.25) is 9.98 Å². The molecule has 0 radical (unpaired) electrons. The summed E-state index contributed by atoms with van der Waals surface area (Å²) >= 11 is 5.89. The van der Waals surface area contributed by atoms with E-state index in [1.807, 2.05) is 0 Å². The molecule has 0 aliphatic carbocycles. The van der Waals surface area contributed by atoms with E-state index in [4.69, 9.17) is 11.6 Å². The second-order valence-electron chi connectivity index (χ2n) is 2.76. The van der Waals surface area contributed by atoms with E-state index >= 15 is 0 Å². The zero-order valence-corrected chi connectivity index (χ0v) is 8.30. The van der Waals surface area contributed by atoms with Crippen LogP contribution in [-0.2, 0) is 0 Å². The Morgan fingerprint density at radius 1 is 1.17 bits per heavy atom. The average Bonchev–Trinajstić information content (AvgIpc) is 2.58. The number of likely N-dealkylation sites (tertiary alicyclic amines) is 1. The standard InChI is InChI=1S/C8H14ClN3/c1-10-7(9)8(11-2)12-5-3-4-6-12/h3-6H2,1-2H3. The van der Waals surface area contributed by atoms with Crippen molar-refractivity contribution in [2.75, 3.05) is 27.2 Å². The molecule has 1 rings (SSSR count). The van der Waals surface area contributed by atoms with Gasteiger partial charge in [-0.1, -0.05) is 11.6 Å². The Kier molecular flexibility index (Phi) is 3.53. The predicted octanol–water partition coefficient (Wildman–Crippen LogP) is 1.38. The van der Waals surface area contributed by atoms with Crippen molar-refractivity contribution in [2.45, 2.75) is 12.8 Å². The van der Waals surface area contributed by atoms with Crippen LogP contribution in [0.3, 0.4) is 0 Å². The summed E-state index contributed by atoms with van der Waals surface area (Å²) in [7, 11) is 3.44. The lowest BCUT2D eigenvalue weighted by Crippen LogP contribution is -2.32. The van der Waals surface area contributed by atoms with Crippen LogP contribution >= 0.6 is 11.6 Å². The number of rotatable bonds is 1. The zero-order valence-electron chi connectivity index (χ0n) is 7.55. The number of aliphatic imine (C=N–C) groups is 2. The van der Waals surface area contributed by atoms with Gasteiger partial charge in [0.1, 0.15) is 0 Å². The molecule has 0 unspecified atom stereocenters. The summed E-state index contributed by atoms with van der Waals surface area (Å²) in [6.45, 7) is 2.11. The molecular formula is C8H14ClN3. The second-order valence-corrected chi connectivity index (χ2v) is 3.11. The fourth-order valence-corrected chi connectivity index (χ4v) is 1.60.